The van der Waals surface area contributed by atoms with Crippen LogP contribution in [0.2, 0.25) is 0 Å². The summed E-state index contributed by atoms with van der Waals surface area (Å²) in [4.78, 5) is 29.8. The van der Waals surface area contributed by atoms with Crippen molar-refractivity contribution in [1.82, 2.24) is 4.98 Å². The molecule has 0 fully saturated rings. The smallest absolute Gasteiger partial charge is 0.299 e. The number of rotatable bonds is 3. The van der Waals surface area contributed by atoms with Crippen LogP contribution in [0, 0.1) is 0 Å². The van der Waals surface area contributed by atoms with Gasteiger partial charge in [-0.05, 0) is 34.1 Å². The Morgan fingerprint density at radius 3 is 2.81 bits per heavy atom. The quantitative estimate of drug-likeness (QED) is 0.801. The Morgan fingerprint density at radius 2 is 2.05 bits per heavy atom. The van der Waals surface area contributed by atoms with Gasteiger partial charge in [0.25, 0.3) is 11.7 Å². The van der Waals surface area contributed by atoms with E-state index in [1.165, 1.54) is 12.0 Å². The molecule has 0 bridgehead atoms. The maximum Gasteiger partial charge on any atom is 0.299 e. The van der Waals surface area contributed by atoms with Crippen molar-refractivity contribution in [3.05, 3.63) is 52.1 Å². The van der Waals surface area contributed by atoms with Gasteiger partial charge in [0.1, 0.15) is 0 Å². The van der Waals surface area contributed by atoms with E-state index in [1.807, 2.05) is 6.07 Å². The summed E-state index contributed by atoms with van der Waals surface area (Å²) in [5.74, 6) is -0.588. The Kier molecular flexibility index (Phi) is 3.47. The molecule has 5 nitrogen and oxygen atoms in total. The molecule has 0 atom stereocenters. The van der Waals surface area contributed by atoms with Gasteiger partial charge in [-0.25, -0.2) is 4.98 Å². The first-order valence-corrected chi connectivity index (χ1v) is 7.05. The molecule has 0 radical (unpaired) electrons. The molecule has 1 aliphatic rings. The van der Waals surface area contributed by atoms with E-state index in [4.69, 9.17) is 4.74 Å². The van der Waals surface area contributed by atoms with Gasteiger partial charge in [-0.1, -0.05) is 12.1 Å². The van der Waals surface area contributed by atoms with Crippen molar-refractivity contribution >= 4 is 33.3 Å². The molecule has 0 unspecified atom stereocenters. The monoisotopic (exact) mass is 346 g/mol. The zero-order valence-corrected chi connectivity index (χ0v) is 12.8. The number of benzene rings is 1. The number of Topliss-reactive ketones (excluding diaryl/α,β-unsaturated/α-hetero) is 1. The van der Waals surface area contributed by atoms with E-state index in [9.17, 15) is 9.59 Å². The third-order valence-corrected chi connectivity index (χ3v) is 3.95. The Balaban J connectivity index is 2.04. The van der Waals surface area contributed by atoms with Crippen molar-refractivity contribution < 1.29 is 14.3 Å². The topological polar surface area (TPSA) is 59.5 Å². The fourth-order valence-corrected chi connectivity index (χ4v) is 2.94. The van der Waals surface area contributed by atoms with E-state index >= 15 is 0 Å². The molecular weight excluding hydrogens is 336 g/mol. The third-order valence-electron chi connectivity index (χ3n) is 3.31. The number of ether oxygens (including phenoxy) is 1. The molecule has 1 amide bonds. The predicted octanol–water partition coefficient (Wildman–Crippen LogP) is 2.58. The summed E-state index contributed by atoms with van der Waals surface area (Å²) >= 11 is 3.40. The summed E-state index contributed by atoms with van der Waals surface area (Å²) in [5.41, 5.74) is 1.75. The van der Waals surface area contributed by atoms with Gasteiger partial charge in [-0.15, -0.1) is 0 Å². The first kappa shape index (κ1) is 13.8. The zero-order chi connectivity index (χ0) is 15.0. The fourth-order valence-electron chi connectivity index (χ4n) is 2.36. The average molecular weight is 347 g/mol. The summed E-state index contributed by atoms with van der Waals surface area (Å²) in [5, 5.41) is 0. The highest BCUT2D eigenvalue weighted by molar-refractivity contribution is 9.10. The second-order valence-electron chi connectivity index (χ2n) is 4.53. The number of hydrogen-bond acceptors (Lipinski definition) is 4. The van der Waals surface area contributed by atoms with Crippen LogP contribution in [0.1, 0.15) is 15.9 Å². The van der Waals surface area contributed by atoms with Gasteiger partial charge in [-0.2, -0.15) is 0 Å². The standard InChI is InChI=1S/C15H11BrN2O3/c1-21-14-9(4-3-7-17-14)8-18-12-10(13(19)15(18)20)5-2-6-11(12)16/h2-7H,8H2,1H3. The van der Waals surface area contributed by atoms with Crippen molar-refractivity contribution in [2.24, 2.45) is 0 Å². The predicted molar refractivity (Wildman–Crippen MR) is 80.5 cm³/mol. The second-order valence-corrected chi connectivity index (χ2v) is 5.38. The average Bonchev–Trinajstić information content (AvgIpc) is 2.74. The number of hydrogen-bond donors (Lipinski definition) is 0. The number of fused-ring (bicyclic) bond motifs is 1. The van der Waals surface area contributed by atoms with Crippen LogP contribution in [-0.4, -0.2) is 23.8 Å². The van der Waals surface area contributed by atoms with Crippen molar-refractivity contribution in [3.8, 4) is 5.88 Å². The number of para-hydroxylation sites is 1. The number of carbonyl (C=O) groups excluding carboxylic acids is 2. The zero-order valence-electron chi connectivity index (χ0n) is 11.2. The second kappa shape index (κ2) is 5.29. The first-order chi connectivity index (χ1) is 10.1. The van der Waals surface area contributed by atoms with E-state index in [0.717, 1.165) is 5.56 Å². The van der Waals surface area contributed by atoms with Gasteiger partial charge < -0.3 is 4.74 Å². The van der Waals surface area contributed by atoms with Crippen LogP contribution >= 0.6 is 15.9 Å². The Morgan fingerprint density at radius 1 is 1.24 bits per heavy atom. The number of aromatic nitrogens is 1. The lowest BCUT2D eigenvalue weighted by molar-refractivity contribution is -0.114. The lowest BCUT2D eigenvalue weighted by atomic mass is 10.1. The Bertz CT molecular complexity index is 745. The van der Waals surface area contributed by atoms with E-state index in [0.29, 0.717) is 21.6 Å². The Hall–Kier alpha value is -2.21. The SMILES string of the molecule is COc1ncccc1CN1C(=O)C(=O)c2cccc(Br)c21. The van der Waals surface area contributed by atoms with Crippen molar-refractivity contribution in [2.75, 3.05) is 12.0 Å². The normalized spacial score (nSPS) is 13.5. The summed E-state index contributed by atoms with van der Waals surface area (Å²) < 4.78 is 5.90. The molecule has 1 aromatic carbocycles. The van der Waals surface area contributed by atoms with E-state index in [-0.39, 0.29) is 6.54 Å². The molecule has 6 heteroatoms. The molecular formula is C15H11BrN2O3. The van der Waals surface area contributed by atoms with E-state index in [1.54, 1.807) is 30.5 Å². The van der Waals surface area contributed by atoms with Gasteiger partial charge >= 0.3 is 0 Å². The van der Waals surface area contributed by atoms with Crippen molar-refractivity contribution in [2.45, 2.75) is 6.54 Å². The summed E-state index contributed by atoms with van der Waals surface area (Å²) in [6.07, 6.45) is 1.61. The van der Waals surface area contributed by atoms with Gasteiger partial charge in [0.2, 0.25) is 5.88 Å². The number of methoxy groups -OCH3 is 1. The van der Waals surface area contributed by atoms with Crippen LogP contribution in [0.4, 0.5) is 5.69 Å². The van der Waals surface area contributed by atoms with Crippen molar-refractivity contribution in [3.63, 3.8) is 0 Å². The number of nitrogens with zero attached hydrogens (tertiary/aromatic N) is 2. The lowest BCUT2D eigenvalue weighted by Gasteiger charge is -2.18. The highest BCUT2D eigenvalue weighted by atomic mass is 79.9. The minimum Gasteiger partial charge on any atom is -0.481 e. The number of carbonyl (C=O) groups is 2. The third kappa shape index (κ3) is 2.21. The molecule has 1 aliphatic heterocycles. The first-order valence-electron chi connectivity index (χ1n) is 6.26. The summed E-state index contributed by atoms with van der Waals surface area (Å²) in [6, 6.07) is 8.78. The minimum atomic E-state index is -0.539. The highest BCUT2D eigenvalue weighted by Gasteiger charge is 2.37. The number of pyridine rings is 1. The van der Waals surface area contributed by atoms with Crippen LogP contribution in [0.15, 0.2) is 41.0 Å². The molecule has 2 aromatic rings. The molecule has 3 rings (SSSR count). The van der Waals surface area contributed by atoms with Gasteiger partial charge in [0, 0.05) is 16.2 Å². The number of amides is 1. The maximum absolute atomic E-state index is 12.2. The number of anilines is 1. The number of ketones is 1. The molecule has 106 valence electrons. The highest BCUT2D eigenvalue weighted by Crippen LogP contribution is 2.37. The molecule has 0 saturated heterocycles. The molecule has 1 aromatic heterocycles. The molecule has 0 N–H and O–H groups in total. The Labute approximate surface area is 129 Å². The largest absolute Gasteiger partial charge is 0.481 e. The van der Waals surface area contributed by atoms with E-state index < -0.39 is 11.7 Å². The maximum atomic E-state index is 12.2. The number of halogens is 1. The van der Waals surface area contributed by atoms with Crippen LogP contribution in [0.3, 0.4) is 0 Å². The van der Waals surface area contributed by atoms with Gasteiger partial charge in [0.05, 0.1) is 24.9 Å². The van der Waals surface area contributed by atoms with Gasteiger partial charge in [-0.3, -0.25) is 14.5 Å². The molecule has 0 aliphatic carbocycles. The summed E-state index contributed by atoms with van der Waals surface area (Å²) in [7, 11) is 1.52. The molecule has 2 heterocycles. The fraction of sp³-hybridized carbons (Fsp3) is 0.133. The van der Waals surface area contributed by atoms with Crippen molar-refractivity contribution in [1.29, 1.82) is 0 Å². The van der Waals surface area contributed by atoms with Gasteiger partial charge in [0.15, 0.2) is 0 Å². The lowest BCUT2D eigenvalue weighted by Crippen LogP contribution is -2.29. The molecule has 0 spiro atoms. The van der Waals surface area contributed by atoms with Crippen LogP contribution in [-0.2, 0) is 11.3 Å². The van der Waals surface area contributed by atoms with E-state index in [2.05, 4.69) is 20.9 Å². The summed E-state index contributed by atoms with van der Waals surface area (Å²) in [6.45, 7) is 0.233. The molecule has 0 saturated carbocycles. The van der Waals surface area contributed by atoms with Crippen LogP contribution in [0.5, 0.6) is 5.88 Å². The van der Waals surface area contributed by atoms with Crippen LogP contribution in [0.25, 0.3) is 0 Å². The van der Waals surface area contributed by atoms with Crippen LogP contribution < -0.4 is 9.64 Å². The minimum absolute atomic E-state index is 0.233. The molecule has 21 heavy (non-hydrogen) atoms.